The predicted octanol–water partition coefficient (Wildman–Crippen LogP) is 3.04. The van der Waals surface area contributed by atoms with Gasteiger partial charge < -0.3 is 5.32 Å². The van der Waals surface area contributed by atoms with Crippen molar-refractivity contribution in [2.75, 3.05) is 0 Å². The van der Waals surface area contributed by atoms with Crippen molar-refractivity contribution in [1.29, 1.82) is 0 Å². The first-order valence-electron chi connectivity index (χ1n) is 5.08. The summed E-state index contributed by atoms with van der Waals surface area (Å²) in [6.07, 6.45) is 4.44. The third-order valence-corrected chi connectivity index (χ3v) is 2.98. The van der Waals surface area contributed by atoms with Crippen LogP contribution in [0.5, 0.6) is 0 Å². The van der Waals surface area contributed by atoms with Crippen LogP contribution in [-0.2, 0) is 6.54 Å². The molecular formula is C11H16Cl2N2. The smallest absolute Gasteiger partial charge is 0.129 e. The molecule has 2 nitrogen and oxygen atoms in total. The quantitative estimate of drug-likeness (QED) is 0.830. The van der Waals surface area contributed by atoms with Crippen molar-refractivity contribution in [1.82, 2.24) is 10.3 Å². The van der Waals surface area contributed by atoms with Crippen LogP contribution in [0.4, 0.5) is 0 Å². The van der Waals surface area contributed by atoms with Crippen LogP contribution in [0.2, 0.25) is 5.15 Å². The normalized spacial score (nSPS) is 24.1. The molecule has 15 heavy (non-hydrogen) atoms. The van der Waals surface area contributed by atoms with Gasteiger partial charge in [-0.15, -0.1) is 12.4 Å². The van der Waals surface area contributed by atoms with Crippen molar-refractivity contribution < 1.29 is 0 Å². The van der Waals surface area contributed by atoms with Crippen LogP contribution in [0.3, 0.4) is 0 Å². The van der Waals surface area contributed by atoms with E-state index in [0.717, 1.165) is 12.5 Å². The lowest BCUT2D eigenvalue weighted by molar-refractivity contribution is 0.240. The van der Waals surface area contributed by atoms with Gasteiger partial charge in [-0.2, -0.15) is 0 Å². The van der Waals surface area contributed by atoms with Gasteiger partial charge in [0.05, 0.1) is 0 Å². The molecule has 1 aliphatic carbocycles. The maximum Gasteiger partial charge on any atom is 0.129 e. The van der Waals surface area contributed by atoms with E-state index in [0.29, 0.717) is 11.2 Å². The first-order chi connectivity index (χ1) is 6.74. The number of pyridine rings is 1. The molecule has 4 heteroatoms. The summed E-state index contributed by atoms with van der Waals surface area (Å²) >= 11 is 5.70. The third-order valence-electron chi connectivity index (χ3n) is 2.76. The minimum Gasteiger partial charge on any atom is -0.310 e. The third kappa shape index (κ3) is 3.63. The van der Waals surface area contributed by atoms with Crippen LogP contribution in [0, 0.1) is 5.92 Å². The van der Waals surface area contributed by atoms with E-state index >= 15 is 0 Å². The predicted molar refractivity (Wildman–Crippen MR) is 65.5 cm³/mol. The summed E-state index contributed by atoms with van der Waals surface area (Å²) in [5.74, 6) is 0.899. The molecule has 1 saturated carbocycles. The molecule has 1 heterocycles. The van der Waals surface area contributed by atoms with Crippen LogP contribution in [0.25, 0.3) is 0 Å². The minimum atomic E-state index is 0. The van der Waals surface area contributed by atoms with E-state index < -0.39 is 0 Å². The van der Waals surface area contributed by atoms with Crippen LogP contribution in [-0.4, -0.2) is 11.0 Å². The van der Waals surface area contributed by atoms with Crippen molar-refractivity contribution in [2.45, 2.75) is 32.4 Å². The first-order valence-corrected chi connectivity index (χ1v) is 5.45. The molecule has 1 fully saturated rings. The lowest BCUT2D eigenvalue weighted by atomic mass is 9.82. The largest absolute Gasteiger partial charge is 0.310 e. The highest BCUT2D eigenvalue weighted by Crippen LogP contribution is 2.26. The summed E-state index contributed by atoms with van der Waals surface area (Å²) in [6.45, 7) is 3.20. The average molecular weight is 247 g/mol. The second-order valence-electron chi connectivity index (χ2n) is 4.14. The van der Waals surface area contributed by atoms with Crippen molar-refractivity contribution in [2.24, 2.45) is 5.92 Å². The van der Waals surface area contributed by atoms with Gasteiger partial charge in [-0.05, 0) is 30.4 Å². The Morgan fingerprint density at radius 3 is 2.73 bits per heavy atom. The number of hydrogen-bond acceptors (Lipinski definition) is 2. The molecule has 0 aliphatic heterocycles. The fourth-order valence-electron chi connectivity index (χ4n) is 1.84. The second-order valence-corrected chi connectivity index (χ2v) is 4.53. The molecule has 1 aromatic heterocycles. The Morgan fingerprint density at radius 1 is 1.47 bits per heavy atom. The van der Waals surface area contributed by atoms with Crippen LogP contribution < -0.4 is 5.32 Å². The highest BCUT2D eigenvalue weighted by molar-refractivity contribution is 6.29. The lowest BCUT2D eigenvalue weighted by Crippen LogP contribution is -2.39. The molecule has 0 bridgehead atoms. The van der Waals surface area contributed by atoms with E-state index in [1.54, 1.807) is 0 Å². The summed E-state index contributed by atoms with van der Waals surface area (Å²) in [4.78, 5) is 4.04. The van der Waals surface area contributed by atoms with E-state index in [1.807, 2.05) is 18.3 Å². The van der Waals surface area contributed by atoms with E-state index in [2.05, 4.69) is 17.2 Å². The Kier molecular flexibility index (Phi) is 4.84. The number of aromatic nitrogens is 1. The second kappa shape index (κ2) is 5.69. The molecule has 0 spiro atoms. The highest BCUT2D eigenvalue weighted by Gasteiger charge is 2.24. The van der Waals surface area contributed by atoms with Crippen LogP contribution >= 0.6 is 24.0 Å². The molecule has 0 radical (unpaired) electrons. The van der Waals surface area contributed by atoms with Gasteiger partial charge in [0.2, 0.25) is 0 Å². The summed E-state index contributed by atoms with van der Waals surface area (Å²) in [7, 11) is 0. The molecule has 84 valence electrons. The Balaban J connectivity index is 0.00000112. The van der Waals surface area contributed by atoms with Gasteiger partial charge in [-0.25, -0.2) is 4.98 Å². The van der Waals surface area contributed by atoms with Gasteiger partial charge in [0.25, 0.3) is 0 Å². The molecule has 0 saturated heterocycles. The summed E-state index contributed by atoms with van der Waals surface area (Å²) in [5, 5.41) is 4.06. The zero-order valence-electron chi connectivity index (χ0n) is 8.74. The van der Waals surface area contributed by atoms with E-state index in [9.17, 15) is 0 Å². The molecular weight excluding hydrogens is 231 g/mol. The SMILES string of the molecule is CC1CC(NCc2ccc(Cl)nc2)C1.Cl. The maximum atomic E-state index is 5.70. The van der Waals surface area contributed by atoms with Crippen molar-refractivity contribution in [3.05, 3.63) is 29.0 Å². The summed E-state index contributed by atoms with van der Waals surface area (Å²) in [6, 6.07) is 4.56. The number of rotatable bonds is 3. The molecule has 1 N–H and O–H groups in total. The fourth-order valence-corrected chi connectivity index (χ4v) is 1.95. The fraction of sp³-hybridized carbons (Fsp3) is 0.545. The molecule has 0 amide bonds. The zero-order chi connectivity index (χ0) is 9.97. The van der Waals surface area contributed by atoms with Gasteiger partial charge in [-0.3, -0.25) is 0 Å². The summed E-state index contributed by atoms with van der Waals surface area (Å²) < 4.78 is 0. The molecule has 1 aliphatic rings. The Labute approximate surface area is 102 Å². The molecule has 1 aromatic rings. The lowest BCUT2D eigenvalue weighted by Gasteiger charge is -2.33. The molecule has 2 rings (SSSR count). The molecule has 0 aromatic carbocycles. The Morgan fingerprint density at radius 2 is 2.20 bits per heavy atom. The average Bonchev–Trinajstić information content (AvgIpc) is 2.13. The van der Waals surface area contributed by atoms with Gasteiger partial charge in [0.1, 0.15) is 5.15 Å². The number of hydrogen-bond donors (Lipinski definition) is 1. The Bertz CT molecular complexity index is 294. The van der Waals surface area contributed by atoms with Gasteiger partial charge in [0, 0.05) is 18.8 Å². The van der Waals surface area contributed by atoms with E-state index in [-0.39, 0.29) is 12.4 Å². The summed E-state index contributed by atoms with van der Waals surface area (Å²) in [5.41, 5.74) is 1.20. The Hall–Kier alpha value is -0.310. The maximum absolute atomic E-state index is 5.70. The highest BCUT2D eigenvalue weighted by atomic mass is 35.5. The van der Waals surface area contributed by atoms with Crippen LogP contribution in [0.1, 0.15) is 25.3 Å². The topological polar surface area (TPSA) is 24.9 Å². The molecule has 0 atom stereocenters. The monoisotopic (exact) mass is 246 g/mol. The van der Waals surface area contributed by atoms with Crippen molar-refractivity contribution >= 4 is 24.0 Å². The van der Waals surface area contributed by atoms with Crippen LogP contribution in [0.15, 0.2) is 18.3 Å². The number of nitrogens with one attached hydrogen (secondary N) is 1. The van der Waals surface area contributed by atoms with E-state index in [1.165, 1.54) is 18.4 Å². The van der Waals surface area contributed by atoms with Gasteiger partial charge in [-0.1, -0.05) is 24.6 Å². The number of halogens is 2. The molecule has 0 unspecified atom stereocenters. The number of nitrogens with zero attached hydrogens (tertiary/aromatic N) is 1. The minimum absolute atomic E-state index is 0. The zero-order valence-corrected chi connectivity index (χ0v) is 10.3. The van der Waals surface area contributed by atoms with Crippen molar-refractivity contribution in [3.8, 4) is 0 Å². The van der Waals surface area contributed by atoms with Gasteiger partial charge in [0.15, 0.2) is 0 Å². The van der Waals surface area contributed by atoms with Crippen molar-refractivity contribution in [3.63, 3.8) is 0 Å². The standard InChI is InChI=1S/C11H15ClN2.ClH/c1-8-4-10(5-8)13-6-9-2-3-11(12)14-7-9;/h2-3,7-8,10,13H,4-6H2,1H3;1H. The first kappa shape index (κ1) is 12.8. The van der Waals surface area contributed by atoms with E-state index in [4.69, 9.17) is 11.6 Å². The van der Waals surface area contributed by atoms with Gasteiger partial charge >= 0.3 is 0 Å².